The number of rotatable bonds is 4. The van der Waals surface area contributed by atoms with Crippen LogP contribution >= 0.6 is 0 Å². The Balaban J connectivity index is 1.47. The molecule has 1 amide bonds. The zero-order valence-electron chi connectivity index (χ0n) is 18.1. The minimum absolute atomic E-state index is 0.0968. The molecule has 30 heavy (non-hydrogen) atoms. The zero-order chi connectivity index (χ0) is 21.3. The Labute approximate surface area is 177 Å². The SMILES string of the molecule is CCc1ccc(C(=O)N2CCN(c3cc(-n4nc(C)cc4C)nc(C)n3)CC2)cc1. The van der Waals surface area contributed by atoms with E-state index in [4.69, 9.17) is 0 Å². The van der Waals surface area contributed by atoms with Crippen LogP contribution in [0.4, 0.5) is 5.82 Å². The Morgan fingerprint density at radius 3 is 2.20 bits per heavy atom. The summed E-state index contributed by atoms with van der Waals surface area (Å²) in [5, 5.41) is 4.54. The number of hydrogen-bond acceptors (Lipinski definition) is 5. The fourth-order valence-electron chi connectivity index (χ4n) is 3.87. The largest absolute Gasteiger partial charge is 0.353 e. The van der Waals surface area contributed by atoms with Crippen LogP contribution in [0, 0.1) is 20.8 Å². The number of aryl methyl sites for hydroxylation is 4. The van der Waals surface area contributed by atoms with Crippen LogP contribution in [0.25, 0.3) is 5.82 Å². The second-order valence-electron chi connectivity index (χ2n) is 7.80. The number of benzene rings is 1. The van der Waals surface area contributed by atoms with Crippen molar-refractivity contribution >= 4 is 11.7 Å². The fraction of sp³-hybridized carbons (Fsp3) is 0.391. The molecule has 1 saturated heterocycles. The van der Waals surface area contributed by atoms with Crippen LogP contribution in [0.3, 0.4) is 0 Å². The number of anilines is 1. The summed E-state index contributed by atoms with van der Waals surface area (Å²) in [6, 6.07) is 12.0. The third kappa shape index (κ3) is 4.06. The van der Waals surface area contributed by atoms with Gasteiger partial charge in [0.2, 0.25) is 0 Å². The van der Waals surface area contributed by atoms with Crippen molar-refractivity contribution < 1.29 is 4.79 Å². The quantitative estimate of drug-likeness (QED) is 0.668. The molecule has 1 aliphatic heterocycles. The van der Waals surface area contributed by atoms with E-state index in [9.17, 15) is 4.79 Å². The first-order valence-corrected chi connectivity index (χ1v) is 10.5. The number of aromatic nitrogens is 4. The second kappa shape index (κ2) is 8.26. The van der Waals surface area contributed by atoms with Crippen molar-refractivity contribution in [3.63, 3.8) is 0 Å². The van der Waals surface area contributed by atoms with Gasteiger partial charge in [0.15, 0.2) is 5.82 Å². The van der Waals surface area contributed by atoms with E-state index >= 15 is 0 Å². The lowest BCUT2D eigenvalue weighted by atomic mass is 10.1. The first kappa shape index (κ1) is 20.1. The van der Waals surface area contributed by atoms with Crippen LogP contribution in [0.2, 0.25) is 0 Å². The second-order valence-corrected chi connectivity index (χ2v) is 7.80. The fourth-order valence-corrected chi connectivity index (χ4v) is 3.87. The summed E-state index contributed by atoms with van der Waals surface area (Å²) < 4.78 is 1.85. The lowest BCUT2D eigenvalue weighted by Gasteiger charge is -2.35. The van der Waals surface area contributed by atoms with Gasteiger partial charge in [-0.1, -0.05) is 19.1 Å². The Kier molecular flexibility index (Phi) is 5.53. The van der Waals surface area contributed by atoms with Gasteiger partial charge >= 0.3 is 0 Å². The molecule has 1 fully saturated rings. The molecule has 0 saturated carbocycles. The maximum Gasteiger partial charge on any atom is 0.253 e. The Hall–Kier alpha value is -3.22. The number of piperazine rings is 1. The van der Waals surface area contributed by atoms with Gasteiger partial charge < -0.3 is 9.80 Å². The molecule has 0 spiro atoms. The molecule has 2 aromatic heterocycles. The summed E-state index contributed by atoms with van der Waals surface area (Å²) in [5.41, 5.74) is 4.00. The van der Waals surface area contributed by atoms with E-state index in [1.54, 1.807) is 0 Å². The predicted molar refractivity (Wildman–Crippen MR) is 117 cm³/mol. The van der Waals surface area contributed by atoms with Crippen LogP contribution < -0.4 is 4.90 Å². The standard InChI is InChI=1S/C23H28N6O/c1-5-19-6-8-20(9-7-19)23(30)28-12-10-27(11-13-28)21-15-22(25-18(4)24-21)29-17(3)14-16(2)26-29/h6-9,14-15H,5,10-13H2,1-4H3. The van der Waals surface area contributed by atoms with E-state index in [1.165, 1.54) is 5.56 Å². The number of amides is 1. The van der Waals surface area contributed by atoms with Gasteiger partial charge in [0.05, 0.1) is 5.69 Å². The molecule has 0 radical (unpaired) electrons. The van der Waals surface area contributed by atoms with Gasteiger partial charge in [0, 0.05) is 43.5 Å². The van der Waals surface area contributed by atoms with Crippen molar-refractivity contribution in [2.24, 2.45) is 0 Å². The van der Waals surface area contributed by atoms with E-state index in [2.05, 4.69) is 26.9 Å². The van der Waals surface area contributed by atoms with E-state index in [0.29, 0.717) is 18.9 Å². The van der Waals surface area contributed by atoms with Crippen molar-refractivity contribution in [3.8, 4) is 5.82 Å². The highest BCUT2D eigenvalue weighted by molar-refractivity contribution is 5.94. The van der Waals surface area contributed by atoms with Gasteiger partial charge in [0.25, 0.3) is 5.91 Å². The van der Waals surface area contributed by atoms with E-state index in [0.717, 1.165) is 48.1 Å². The number of nitrogens with zero attached hydrogens (tertiary/aromatic N) is 6. The average molecular weight is 405 g/mol. The molecule has 0 unspecified atom stereocenters. The summed E-state index contributed by atoms with van der Waals surface area (Å²) in [5.74, 6) is 2.46. The lowest BCUT2D eigenvalue weighted by molar-refractivity contribution is 0.0746. The van der Waals surface area contributed by atoms with Gasteiger partial charge in [-0.25, -0.2) is 14.6 Å². The summed E-state index contributed by atoms with van der Waals surface area (Å²) in [4.78, 5) is 26.2. The molecule has 7 heteroatoms. The smallest absolute Gasteiger partial charge is 0.253 e. The first-order chi connectivity index (χ1) is 14.4. The van der Waals surface area contributed by atoms with Crippen LogP contribution in [0.1, 0.15) is 40.1 Å². The molecule has 0 N–H and O–H groups in total. The highest BCUT2D eigenvalue weighted by Crippen LogP contribution is 2.19. The van der Waals surface area contributed by atoms with Crippen molar-refractivity contribution in [1.29, 1.82) is 0 Å². The molecule has 4 rings (SSSR count). The van der Waals surface area contributed by atoms with Gasteiger partial charge in [-0.2, -0.15) is 5.10 Å². The van der Waals surface area contributed by atoms with E-state index < -0.39 is 0 Å². The molecule has 3 aromatic rings. The zero-order valence-corrected chi connectivity index (χ0v) is 18.1. The third-order valence-electron chi connectivity index (χ3n) is 5.54. The summed E-state index contributed by atoms with van der Waals surface area (Å²) >= 11 is 0. The normalized spacial score (nSPS) is 14.3. The molecule has 1 aliphatic rings. The Morgan fingerprint density at radius 1 is 0.933 bits per heavy atom. The highest BCUT2D eigenvalue weighted by atomic mass is 16.2. The van der Waals surface area contributed by atoms with Crippen LogP contribution in [-0.2, 0) is 6.42 Å². The molecular weight excluding hydrogens is 376 g/mol. The van der Waals surface area contributed by atoms with E-state index in [1.807, 2.05) is 66.8 Å². The predicted octanol–water partition coefficient (Wildman–Crippen LogP) is 3.11. The van der Waals surface area contributed by atoms with Gasteiger partial charge in [-0.15, -0.1) is 0 Å². The van der Waals surface area contributed by atoms with Gasteiger partial charge in [-0.3, -0.25) is 4.79 Å². The summed E-state index contributed by atoms with van der Waals surface area (Å²) in [6.07, 6.45) is 0.977. The molecule has 0 bridgehead atoms. The van der Waals surface area contributed by atoms with E-state index in [-0.39, 0.29) is 5.91 Å². The van der Waals surface area contributed by atoms with Crippen LogP contribution in [-0.4, -0.2) is 56.7 Å². The highest BCUT2D eigenvalue weighted by Gasteiger charge is 2.23. The van der Waals surface area contributed by atoms with Gasteiger partial charge in [-0.05, 0) is 51.0 Å². The maximum absolute atomic E-state index is 12.8. The topological polar surface area (TPSA) is 67.2 Å². The molecular formula is C23H28N6O. The Bertz CT molecular complexity index is 1050. The number of carbonyl (C=O) groups is 1. The van der Waals surface area contributed by atoms with Crippen molar-refractivity contribution in [3.05, 3.63) is 64.7 Å². The molecule has 1 aromatic carbocycles. The van der Waals surface area contributed by atoms with Crippen LogP contribution in [0.5, 0.6) is 0 Å². The minimum Gasteiger partial charge on any atom is -0.353 e. The number of carbonyl (C=O) groups excluding carboxylic acids is 1. The molecule has 7 nitrogen and oxygen atoms in total. The summed E-state index contributed by atoms with van der Waals surface area (Å²) in [6.45, 7) is 10.8. The van der Waals surface area contributed by atoms with Gasteiger partial charge in [0.1, 0.15) is 11.6 Å². The Morgan fingerprint density at radius 2 is 1.60 bits per heavy atom. The maximum atomic E-state index is 12.8. The third-order valence-corrected chi connectivity index (χ3v) is 5.54. The van der Waals surface area contributed by atoms with Crippen molar-refractivity contribution in [2.75, 3.05) is 31.1 Å². The van der Waals surface area contributed by atoms with Crippen molar-refractivity contribution in [2.45, 2.75) is 34.1 Å². The molecule has 0 aliphatic carbocycles. The van der Waals surface area contributed by atoms with Crippen LogP contribution in [0.15, 0.2) is 36.4 Å². The molecule has 156 valence electrons. The average Bonchev–Trinajstić information content (AvgIpc) is 3.11. The molecule has 3 heterocycles. The first-order valence-electron chi connectivity index (χ1n) is 10.5. The number of hydrogen-bond donors (Lipinski definition) is 0. The minimum atomic E-state index is 0.0968. The van der Waals surface area contributed by atoms with Crippen molar-refractivity contribution in [1.82, 2.24) is 24.6 Å². The summed E-state index contributed by atoms with van der Waals surface area (Å²) in [7, 11) is 0. The molecule has 0 atom stereocenters. The lowest BCUT2D eigenvalue weighted by Crippen LogP contribution is -2.49. The monoisotopic (exact) mass is 404 g/mol.